The van der Waals surface area contributed by atoms with Crippen molar-refractivity contribution in [1.29, 1.82) is 0 Å². The first-order chi connectivity index (χ1) is 13.7. The van der Waals surface area contributed by atoms with Crippen LogP contribution in [-0.2, 0) is 6.42 Å². The third-order valence-electron chi connectivity index (χ3n) is 5.17. The zero-order valence-corrected chi connectivity index (χ0v) is 16.0. The van der Waals surface area contributed by atoms with Gasteiger partial charge in [-0.2, -0.15) is 0 Å². The Kier molecular flexibility index (Phi) is 4.86. The summed E-state index contributed by atoms with van der Waals surface area (Å²) in [4.78, 5) is 0. The van der Waals surface area contributed by atoms with Crippen LogP contribution in [-0.4, -0.2) is 0 Å². The van der Waals surface area contributed by atoms with Gasteiger partial charge in [-0.15, -0.1) is 0 Å². The molecule has 2 nitrogen and oxygen atoms in total. The maximum Gasteiger partial charge on any atom is 0.0394 e. The molecule has 0 fully saturated rings. The van der Waals surface area contributed by atoms with Gasteiger partial charge in [0.2, 0.25) is 0 Å². The van der Waals surface area contributed by atoms with Crippen LogP contribution in [0.2, 0.25) is 0 Å². The van der Waals surface area contributed by atoms with Gasteiger partial charge < -0.3 is 11.5 Å². The second-order valence-corrected chi connectivity index (χ2v) is 7.02. The Morgan fingerprint density at radius 2 is 1.25 bits per heavy atom. The van der Waals surface area contributed by atoms with Crippen LogP contribution in [0.3, 0.4) is 0 Å². The van der Waals surface area contributed by atoms with Crippen LogP contribution in [0.5, 0.6) is 0 Å². The molecule has 28 heavy (non-hydrogen) atoms. The van der Waals surface area contributed by atoms with Gasteiger partial charge in [-0.1, -0.05) is 73.7 Å². The normalized spacial score (nSPS) is 10.8. The number of nitrogen functional groups attached to an aromatic ring is 2. The average Bonchev–Trinajstić information content (AvgIpc) is 2.75. The van der Waals surface area contributed by atoms with Crippen molar-refractivity contribution in [2.75, 3.05) is 11.5 Å². The molecule has 0 heterocycles. The van der Waals surface area contributed by atoms with E-state index >= 15 is 0 Å². The second-order valence-electron chi connectivity index (χ2n) is 7.02. The van der Waals surface area contributed by atoms with E-state index < -0.39 is 0 Å². The Balaban J connectivity index is 1.86. The van der Waals surface area contributed by atoms with Crippen molar-refractivity contribution in [3.8, 4) is 33.4 Å². The van der Waals surface area contributed by atoms with Crippen molar-refractivity contribution in [2.45, 2.75) is 13.3 Å². The summed E-state index contributed by atoms with van der Waals surface area (Å²) in [6.07, 6.45) is 1.03. The van der Waals surface area contributed by atoms with E-state index in [1.165, 1.54) is 5.56 Å². The Morgan fingerprint density at radius 1 is 0.571 bits per heavy atom. The fraction of sp³-hybridized carbons (Fsp3) is 0.0769. The minimum atomic E-state index is 0.761. The molecular weight excluding hydrogens is 340 g/mol. The molecular formula is C26H24N2. The number of aryl methyl sites for hydroxylation is 1. The number of anilines is 2. The summed E-state index contributed by atoms with van der Waals surface area (Å²) in [6.45, 7) is 2.17. The zero-order valence-electron chi connectivity index (χ0n) is 16.0. The van der Waals surface area contributed by atoms with E-state index in [4.69, 9.17) is 11.5 Å². The number of nitrogens with two attached hydrogens (primary N) is 2. The maximum atomic E-state index is 6.28. The maximum absolute atomic E-state index is 6.28. The van der Waals surface area contributed by atoms with Gasteiger partial charge in [-0.05, 0) is 64.1 Å². The highest BCUT2D eigenvalue weighted by Gasteiger charge is 2.11. The Morgan fingerprint density at radius 3 is 1.96 bits per heavy atom. The summed E-state index contributed by atoms with van der Waals surface area (Å²) in [5.74, 6) is 0. The number of benzene rings is 4. The SMILES string of the molecule is CCc1ccc(-c2cc(N)ccc2-c2ccc(N)c(-c3ccccc3)c2)cc1. The van der Waals surface area contributed by atoms with Crippen LogP contribution in [0.1, 0.15) is 12.5 Å². The third kappa shape index (κ3) is 3.49. The van der Waals surface area contributed by atoms with Crippen LogP contribution in [0.25, 0.3) is 33.4 Å². The van der Waals surface area contributed by atoms with E-state index in [-0.39, 0.29) is 0 Å². The zero-order chi connectivity index (χ0) is 19.5. The summed E-state index contributed by atoms with van der Waals surface area (Å²) >= 11 is 0. The molecule has 0 spiro atoms. The van der Waals surface area contributed by atoms with Crippen LogP contribution >= 0.6 is 0 Å². The lowest BCUT2D eigenvalue weighted by Crippen LogP contribution is -1.93. The number of hydrogen-bond donors (Lipinski definition) is 2. The van der Waals surface area contributed by atoms with Crippen LogP contribution in [0, 0.1) is 0 Å². The molecule has 0 bridgehead atoms. The van der Waals surface area contributed by atoms with Crippen LogP contribution in [0.15, 0.2) is 91.0 Å². The van der Waals surface area contributed by atoms with Gasteiger partial charge in [0.25, 0.3) is 0 Å². The van der Waals surface area contributed by atoms with E-state index in [9.17, 15) is 0 Å². The first-order valence-corrected chi connectivity index (χ1v) is 9.60. The van der Waals surface area contributed by atoms with Crippen LogP contribution < -0.4 is 11.5 Å². The van der Waals surface area contributed by atoms with Gasteiger partial charge in [0.05, 0.1) is 0 Å². The Hall–Kier alpha value is -3.52. The van der Waals surface area contributed by atoms with E-state index in [1.54, 1.807) is 0 Å². The second kappa shape index (κ2) is 7.61. The topological polar surface area (TPSA) is 52.0 Å². The smallest absolute Gasteiger partial charge is 0.0394 e. The first-order valence-electron chi connectivity index (χ1n) is 9.60. The van der Waals surface area contributed by atoms with Gasteiger partial charge in [0, 0.05) is 16.9 Å². The molecule has 0 saturated carbocycles. The van der Waals surface area contributed by atoms with Crippen molar-refractivity contribution >= 4 is 11.4 Å². The quantitative estimate of drug-likeness (QED) is 0.411. The number of rotatable bonds is 4. The molecule has 4 aromatic carbocycles. The molecule has 138 valence electrons. The van der Waals surface area contributed by atoms with Gasteiger partial charge in [-0.25, -0.2) is 0 Å². The molecule has 0 radical (unpaired) electrons. The van der Waals surface area contributed by atoms with Crippen molar-refractivity contribution in [3.05, 3.63) is 96.6 Å². The summed E-state index contributed by atoms with van der Waals surface area (Å²) in [5.41, 5.74) is 22.0. The van der Waals surface area contributed by atoms with E-state index in [2.05, 4.69) is 67.6 Å². The molecule has 2 heteroatoms. The third-order valence-corrected chi connectivity index (χ3v) is 5.17. The van der Waals surface area contributed by atoms with E-state index in [0.29, 0.717) is 0 Å². The lowest BCUT2D eigenvalue weighted by Gasteiger charge is -2.14. The minimum Gasteiger partial charge on any atom is -0.399 e. The van der Waals surface area contributed by atoms with Crippen molar-refractivity contribution < 1.29 is 0 Å². The molecule has 0 atom stereocenters. The molecule has 0 aliphatic carbocycles. The molecule has 4 rings (SSSR count). The number of hydrogen-bond acceptors (Lipinski definition) is 2. The van der Waals surface area contributed by atoms with Crippen molar-refractivity contribution in [3.63, 3.8) is 0 Å². The van der Waals surface area contributed by atoms with E-state index in [0.717, 1.165) is 51.2 Å². The first kappa shape index (κ1) is 17.9. The highest BCUT2D eigenvalue weighted by Crippen LogP contribution is 2.37. The molecule has 4 aromatic rings. The Bertz CT molecular complexity index is 1100. The average molecular weight is 364 g/mol. The van der Waals surface area contributed by atoms with Gasteiger partial charge in [-0.3, -0.25) is 0 Å². The fourth-order valence-corrected chi connectivity index (χ4v) is 3.56. The van der Waals surface area contributed by atoms with Crippen molar-refractivity contribution in [2.24, 2.45) is 0 Å². The Labute approximate surface area is 166 Å². The summed E-state index contributed by atoms with van der Waals surface area (Å²) < 4.78 is 0. The monoisotopic (exact) mass is 364 g/mol. The molecule has 0 aliphatic heterocycles. The standard InChI is InChI=1S/C26H24N2/c1-2-18-8-10-20(11-9-18)24-17-22(27)13-14-23(24)21-12-15-26(28)25(16-21)19-6-4-3-5-7-19/h3-17H,2,27-28H2,1H3. The lowest BCUT2D eigenvalue weighted by molar-refractivity contribution is 1.14. The largest absolute Gasteiger partial charge is 0.399 e. The predicted octanol–water partition coefficient (Wildman–Crippen LogP) is 6.41. The fourth-order valence-electron chi connectivity index (χ4n) is 3.56. The molecule has 4 N–H and O–H groups in total. The highest BCUT2D eigenvalue weighted by atomic mass is 14.6. The molecule has 0 aromatic heterocycles. The van der Waals surface area contributed by atoms with Crippen LogP contribution in [0.4, 0.5) is 11.4 Å². The summed E-state index contributed by atoms with van der Waals surface area (Å²) in [5, 5.41) is 0. The molecule has 0 unspecified atom stereocenters. The van der Waals surface area contributed by atoms with Crippen molar-refractivity contribution in [1.82, 2.24) is 0 Å². The predicted molar refractivity (Wildman–Crippen MR) is 121 cm³/mol. The summed E-state index contributed by atoms with van der Waals surface area (Å²) in [7, 11) is 0. The van der Waals surface area contributed by atoms with Gasteiger partial charge >= 0.3 is 0 Å². The highest BCUT2D eigenvalue weighted by molar-refractivity contribution is 5.89. The minimum absolute atomic E-state index is 0.761. The van der Waals surface area contributed by atoms with Gasteiger partial charge in [0.15, 0.2) is 0 Å². The molecule has 0 aliphatic rings. The van der Waals surface area contributed by atoms with E-state index in [1.807, 2.05) is 30.3 Å². The molecule has 0 saturated heterocycles. The van der Waals surface area contributed by atoms with Gasteiger partial charge in [0.1, 0.15) is 0 Å². The lowest BCUT2D eigenvalue weighted by atomic mass is 9.91. The summed E-state index contributed by atoms with van der Waals surface area (Å²) in [6, 6.07) is 31.3. The molecule has 0 amide bonds.